The number of likely N-dealkylation sites (tertiary alicyclic amines) is 1. The SMILES string of the molecule is O=C(CSc1nnc(CNc2ccc(Cl)cc2)n1Cc1ccccc1)N1CCCCC1. The van der Waals surface area contributed by atoms with Gasteiger partial charge in [-0.15, -0.1) is 10.2 Å². The first-order valence-corrected chi connectivity index (χ1v) is 11.9. The molecule has 0 radical (unpaired) electrons. The Hall–Kier alpha value is -2.51. The van der Waals surface area contributed by atoms with Gasteiger partial charge >= 0.3 is 0 Å². The normalized spacial score (nSPS) is 13.9. The van der Waals surface area contributed by atoms with Crippen molar-refractivity contribution in [3.63, 3.8) is 0 Å². The van der Waals surface area contributed by atoms with E-state index in [-0.39, 0.29) is 5.91 Å². The van der Waals surface area contributed by atoms with Crippen molar-refractivity contribution >= 4 is 35.0 Å². The molecular formula is C23H26ClN5OS. The van der Waals surface area contributed by atoms with Crippen molar-refractivity contribution in [2.75, 3.05) is 24.2 Å². The number of piperidine rings is 1. The molecule has 1 amide bonds. The molecular weight excluding hydrogens is 430 g/mol. The Labute approximate surface area is 192 Å². The number of carbonyl (C=O) groups is 1. The van der Waals surface area contributed by atoms with Crippen LogP contribution in [0.15, 0.2) is 59.8 Å². The summed E-state index contributed by atoms with van der Waals surface area (Å²) >= 11 is 7.44. The number of thioether (sulfide) groups is 1. The Morgan fingerprint density at radius 1 is 1.00 bits per heavy atom. The molecule has 0 saturated carbocycles. The highest BCUT2D eigenvalue weighted by Crippen LogP contribution is 2.21. The monoisotopic (exact) mass is 455 g/mol. The Balaban J connectivity index is 1.47. The first-order chi connectivity index (χ1) is 15.2. The fourth-order valence-electron chi connectivity index (χ4n) is 3.59. The number of nitrogens with zero attached hydrogens (tertiary/aromatic N) is 4. The van der Waals surface area contributed by atoms with Crippen LogP contribution in [0, 0.1) is 0 Å². The van der Waals surface area contributed by atoms with E-state index in [0.29, 0.717) is 23.9 Å². The summed E-state index contributed by atoms with van der Waals surface area (Å²) in [6.45, 7) is 2.92. The summed E-state index contributed by atoms with van der Waals surface area (Å²) in [6.07, 6.45) is 3.41. The van der Waals surface area contributed by atoms with E-state index in [1.54, 1.807) is 0 Å². The minimum atomic E-state index is 0.180. The standard InChI is InChI=1S/C23H26ClN5OS/c24-19-9-11-20(12-10-19)25-15-21-26-27-23(29(21)16-18-7-3-1-4-8-18)31-17-22(30)28-13-5-2-6-14-28/h1,3-4,7-12,25H,2,5-6,13-17H2. The van der Waals surface area contributed by atoms with E-state index in [2.05, 4.69) is 32.2 Å². The zero-order valence-corrected chi connectivity index (χ0v) is 18.9. The molecule has 1 aliphatic rings. The summed E-state index contributed by atoms with van der Waals surface area (Å²) in [7, 11) is 0. The number of nitrogens with one attached hydrogen (secondary N) is 1. The number of amides is 1. The van der Waals surface area contributed by atoms with Crippen molar-refractivity contribution in [1.82, 2.24) is 19.7 Å². The van der Waals surface area contributed by atoms with Gasteiger partial charge in [0.1, 0.15) is 0 Å². The maximum Gasteiger partial charge on any atom is 0.233 e. The van der Waals surface area contributed by atoms with Crippen LogP contribution in [0.4, 0.5) is 5.69 Å². The molecule has 8 heteroatoms. The number of benzene rings is 2. The average Bonchev–Trinajstić information content (AvgIpc) is 3.19. The van der Waals surface area contributed by atoms with Gasteiger partial charge in [-0.25, -0.2) is 0 Å². The maximum atomic E-state index is 12.6. The van der Waals surface area contributed by atoms with Gasteiger partial charge in [0, 0.05) is 23.8 Å². The molecule has 4 rings (SSSR count). The highest BCUT2D eigenvalue weighted by molar-refractivity contribution is 7.99. The number of carbonyl (C=O) groups excluding carboxylic acids is 1. The lowest BCUT2D eigenvalue weighted by Crippen LogP contribution is -2.36. The van der Waals surface area contributed by atoms with Crippen LogP contribution in [-0.4, -0.2) is 44.4 Å². The summed E-state index contributed by atoms with van der Waals surface area (Å²) in [5.41, 5.74) is 2.13. The van der Waals surface area contributed by atoms with Crippen molar-refractivity contribution in [3.05, 3.63) is 71.0 Å². The van der Waals surface area contributed by atoms with Crippen LogP contribution >= 0.6 is 23.4 Å². The molecule has 1 aromatic heterocycles. The lowest BCUT2D eigenvalue weighted by Gasteiger charge is -2.26. The van der Waals surface area contributed by atoms with Gasteiger partial charge in [0.15, 0.2) is 11.0 Å². The molecule has 0 spiro atoms. The van der Waals surface area contributed by atoms with Gasteiger partial charge in [-0.05, 0) is 49.1 Å². The van der Waals surface area contributed by atoms with Gasteiger partial charge < -0.3 is 14.8 Å². The molecule has 1 saturated heterocycles. The highest BCUT2D eigenvalue weighted by Gasteiger charge is 2.19. The van der Waals surface area contributed by atoms with Crippen molar-refractivity contribution in [1.29, 1.82) is 0 Å². The van der Waals surface area contributed by atoms with Crippen molar-refractivity contribution in [2.45, 2.75) is 37.5 Å². The predicted octanol–water partition coefficient (Wildman–Crippen LogP) is 4.70. The smallest absolute Gasteiger partial charge is 0.233 e. The highest BCUT2D eigenvalue weighted by atomic mass is 35.5. The first kappa shape index (κ1) is 21.7. The summed E-state index contributed by atoms with van der Waals surface area (Å²) in [5.74, 6) is 1.39. The van der Waals surface area contributed by atoms with E-state index < -0.39 is 0 Å². The van der Waals surface area contributed by atoms with Crippen LogP contribution in [0.2, 0.25) is 5.02 Å². The second-order valence-electron chi connectivity index (χ2n) is 7.56. The quantitative estimate of drug-likeness (QED) is 0.499. The Morgan fingerprint density at radius 2 is 1.74 bits per heavy atom. The molecule has 1 fully saturated rings. The first-order valence-electron chi connectivity index (χ1n) is 10.5. The predicted molar refractivity (Wildman–Crippen MR) is 125 cm³/mol. The molecule has 0 aliphatic carbocycles. The van der Waals surface area contributed by atoms with Crippen LogP contribution in [0.25, 0.3) is 0 Å². The van der Waals surface area contributed by atoms with Crippen LogP contribution in [0.3, 0.4) is 0 Å². The van der Waals surface area contributed by atoms with E-state index in [4.69, 9.17) is 11.6 Å². The number of aromatic nitrogens is 3. The van der Waals surface area contributed by atoms with E-state index in [9.17, 15) is 4.79 Å². The van der Waals surface area contributed by atoms with Crippen LogP contribution in [0.5, 0.6) is 0 Å². The Kier molecular flexibility index (Phi) is 7.48. The summed E-state index contributed by atoms with van der Waals surface area (Å²) in [6, 6.07) is 17.8. The topological polar surface area (TPSA) is 63.1 Å². The molecule has 0 atom stereocenters. The van der Waals surface area contributed by atoms with Crippen molar-refractivity contribution in [2.24, 2.45) is 0 Å². The molecule has 2 aromatic carbocycles. The van der Waals surface area contributed by atoms with Gasteiger partial charge in [-0.2, -0.15) is 0 Å². The van der Waals surface area contributed by atoms with Gasteiger partial charge in [-0.3, -0.25) is 4.79 Å². The second-order valence-corrected chi connectivity index (χ2v) is 8.94. The third-order valence-corrected chi connectivity index (χ3v) is 6.51. The van der Waals surface area contributed by atoms with E-state index in [1.807, 2.05) is 47.4 Å². The second kappa shape index (κ2) is 10.7. The maximum absolute atomic E-state index is 12.6. The molecule has 3 aromatic rings. The number of hydrogen-bond acceptors (Lipinski definition) is 5. The van der Waals surface area contributed by atoms with Gasteiger partial charge in [0.2, 0.25) is 5.91 Å². The molecule has 0 bridgehead atoms. The van der Waals surface area contributed by atoms with Gasteiger partial charge in [-0.1, -0.05) is 53.7 Å². The molecule has 2 heterocycles. The Morgan fingerprint density at radius 3 is 2.48 bits per heavy atom. The molecule has 0 unspecified atom stereocenters. The summed E-state index contributed by atoms with van der Waals surface area (Å²) in [4.78, 5) is 14.6. The molecule has 31 heavy (non-hydrogen) atoms. The zero-order chi connectivity index (χ0) is 21.5. The minimum absolute atomic E-state index is 0.180. The fourth-order valence-corrected chi connectivity index (χ4v) is 4.58. The summed E-state index contributed by atoms with van der Waals surface area (Å²) < 4.78 is 2.09. The van der Waals surface area contributed by atoms with E-state index in [0.717, 1.165) is 42.6 Å². The van der Waals surface area contributed by atoms with Crippen LogP contribution in [-0.2, 0) is 17.9 Å². The van der Waals surface area contributed by atoms with Crippen LogP contribution in [0.1, 0.15) is 30.7 Å². The molecule has 1 N–H and O–H groups in total. The average molecular weight is 456 g/mol. The number of halogens is 1. The number of rotatable bonds is 8. The number of hydrogen-bond donors (Lipinski definition) is 1. The van der Waals surface area contributed by atoms with E-state index in [1.165, 1.54) is 23.7 Å². The van der Waals surface area contributed by atoms with Gasteiger partial charge in [0.05, 0.1) is 18.8 Å². The lowest BCUT2D eigenvalue weighted by molar-refractivity contribution is -0.129. The van der Waals surface area contributed by atoms with Crippen LogP contribution < -0.4 is 5.32 Å². The fraction of sp³-hybridized carbons (Fsp3) is 0.348. The molecule has 162 valence electrons. The number of anilines is 1. The van der Waals surface area contributed by atoms with Gasteiger partial charge in [0.25, 0.3) is 0 Å². The van der Waals surface area contributed by atoms with E-state index >= 15 is 0 Å². The van der Waals surface area contributed by atoms with Crippen molar-refractivity contribution < 1.29 is 4.79 Å². The molecule has 1 aliphatic heterocycles. The summed E-state index contributed by atoms with van der Waals surface area (Å²) in [5, 5.41) is 13.7. The largest absolute Gasteiger partial charge is 0.378 e. The Bertz CT molecular complexity index is 987. The molecule has 6 nitrogen and oxygen atoms in total. The lowest BCUT2D eigenvalue weighted by atomic mass is 10.1. The third-order valence-electron chi connectivity index (χ3n) is 5.31. The third kappa shape index (κ3) is 6.02. The van der Waals surface area contributed by atoms with Crippen molar-refractivity contribution in [3.8, 4) is 0 Å². The minimum Gasteiger partial charge on any atom is -0.378 e. The zero-order valence-electron chi connectivity index (χ0n) is 17.3.